The fraction of sp³-hybridized carbons (Fsp3) is 0.381. The van der Waals surface area contributed by atoms with Crippen LogP contribution in [-0.2, 0) is 19.6 Å². The number of sulfonamides is 1. The zero-order valence-electron chi connectivity index (χ0n) is 17.0. The van der Waals surface area contributed by atoms with Crippen molar-refractivity contribution in [1.29, 1.82) is 0 Å². The standard InChI is InChI=1S/C21H28N2O5S/c1-17(2)28-15-9-14-22-21(24)16-23(19-12-7-8-13-20(19)27-3)29(25,26)18-10-5-4-6-11-18/h4-8,10-13,17H,9,14-16H2,1-3H3,(H,22,24). The molecule has 0 saturated heterocycles. The van der Waals surface area contributed by atoms with Crippen LogP contribution in [0.5, 0.6) is 5.75 Å². The Hall–Kier alpha value is -2.58. The minimum absolute atomic E-state index is 0.101. The molecule has 1 N–H and O–H groups in total. The summed E-state index contributed by atoms with van der Waals surface area (Å²) in [5.41, 5.74) is 0.303. The van der Waals surface area contributed by atoms with E-state index in [0.717, 1.165) is 4.31 Å². The lowest BCUT2D eigenvalue weighted by Gasteiger charge is -2.25. The van der Waals surface area contributed by atoms with Gasteiger partial charge in [0.05, 0.1) is 23.8 Å². The lowest BCUT2D eigenvalue weighted by atomic mass is 10.3. The number of hydrogen-bond acceptors (Lipinski definition) is 5. The Kier molecular flexibility index (Phi) is 8.48. The molecule has 0 aromatic heterocycles. The number of nitrogens with one attached hydrogen (secondary N) is 1. The zero-order valence-corrected chi connectivity index (χ0v) is 17.8. The summed E-state index contributed by atoms with van der Waals surface area (Å²) in [7, 11) is -2.50. The van der Waals surface area contributed by atoms with Gasteiger partial charge < -0.3 is 14.8 Å². The van der Waals surface area contributed by atoms with Crippen molar-refractivity contribution in [1.82, 2.24) is 5.32 Å². The first-order chi connectivity index (χ1) is 13.9. The highest BCUT2D eigenvalue weighted by atomic mass is 32.2. The molecule has 0 bridgehead atoms. The Balaban J connectivity index is 2.21. The lowest BCUT2D eigenvalue weighted by Crippen LogP contribution is -2.41. The van der Waals surface area contributed by atoms with Crippen LogP contribution < -0.4 is 14.4 Å². The molecule has 1 amide bonds. The Morgan fingerprint density at radius 2 is 1.72 bits per heavy atom. The number of ether oxygens (including phenoxy) is 2. The van der Waals surface area contributed by atoms with Crippen molar-refractivity contribution in [2.45, 2.75) is 31.3 Å². The van der Waals surface area contributed by atoms with E-state index < -0.39 is 15.9 Å². The molecule has 0 saturated carbocycles. The molecule has 0 spiro atoms. The highest BCUT2D eigenvalue weighted by Crippen LogP contribution is 2.31. The van der Waals surface area contributed by atoms with Gasteiger partial charge in [-0.1, -0.05) is 30.3 Å². The third-order valence-electron chi connectivity index (χ3n) is 4.07. The van der Waals surface area contributed by atoms with Crippen LogP contribution in [0.3, 0.4) is 0 Å². The third-order valence-corrected chi connectivity index (χ3v) is 5.84. The summed E-state index contributed by atoms with van der Waals surface area (Å²) < 4.78 is 38.3. The summed E-state index contributed by atoms with van der Waals surface area (Å²) in [4.78, 5) is 12.6. The van der Waals surface area contributed by atoms with E-state index >= 15 is 0 Å². The third kappa shape index (κ3) is 6.47. The number of benzene rings is 2. The average Bonchev–Trinajstić information content (AvgIpc) is 2.72. The summed E-state index contributed by atoms with van der Waals surface area (Å²) in [6.07, 6.45) is 0.770. The van der Waals surface area contributed by atoms with E-state index in [1.165, 1.54) is 19.2 Å². The molecule has 7 nitrogen and oxygen atoms in total. The number of anilines is 1. The molecule has 0 aliphatic heterocycles. The van der Waals surface area contributed by atoms with Gasteiger partial charge in [0.15, 0.2) is 0 Å². The van der Waals surface area contributed by atoms with Crippen LogP contribution in [0.1, 0.15) is 20.3 Å². The molecular formula is C21H28N2O5S. The van der Waals surface area contributed by atoms with Gasteiger partial charge in [-0.3, -0.25) is 9.10 Å². The summed E-state index contributed by atoms with van der Waals surface area (Å²) in [6.45, 7) is 4.45. The maximum absolute atomic E-state index is 13.3. The van der Waals surface area contributed by atoms with Gasteiger partial charge in [0.2, 0.25) is 5.91 Å². The summed E-state index contributed by atoms with van der Waals surface area (Å²) >= 11 is 0. The second-order valence-electron chi connectivity index (χ2n) is 6.62. The Bertz CT molecular complexity index is 885. The first kappa shape index (κ1) is 22.7. The number of rotatable bonds is 11. The minimum atomic E-state index is -3.96. The van der Waals surface area contributed by atoms with E-state index in [0.29, 0.717) is 31.0 Å². The van der Waals surface area contributed by atoms with Gasteiger partial charge >= 0.3 is 0 Å². The second kappa shape index (κ2) is 10.8. The molecule has 158 valence electrons. The minimum Gasteiger partial charge on any atom is -0.495 e. The van der Waals surface area contributed by atoms with Gasteiger partial charge in [0, 0.05) is 13.2 Å². The maximum Gasteiger partial charge on any atom is 0.264 e. The van der Waals surface area contributed by atoms with Gasteiger partial charge in [-0.2, -0.15) is 0 Å². The largest absolute Gasteiger partial charge is 0.495 e. The molecule has 29 heavy (non-hydrogen) atoms. The van der Waals surface area contributed by atoms with Crippen molar-refractivity contribution in [2.24, 2.45) is 0 Å². The molecule has 0 fully saturated rings. The van der Waals surface area contributed by atoms with Crippen LogP contribution in [-0.4, -0.2) is 47.2 Å². The predicted molar refractivity (Wildman–Crippen MR) is 113 cm³/mol. The van der Waals surface area contributed by atoms with Gasteiger partial charge in [-0.25, -0.2) is 8.42 Å². The number of hydrogen-bond donors (Lipinski definition) is 1. The molecule has 2 rings (SSSR count). The normalized spacial score (nSPS) is 11.3. The van der Waals surface area contributed by atoms with Crippen LogP contribution in [0.4, 0.5) is 5.69 Å². The Labute approximate surface area is 172 Å². The van der Waals surface area contributed by atoms with Gasteiger partial charge in [0.25, 0.3) is 10.0 Å². The second-order valence-corrected chi connectivity index (χ2v) is 8.48. The molecule has 8 heteroatoms. The molecule has 2 aromatic rings. The fourth-order valence-electron chi connectivity index (χ4n) is 2.66. The van der Waals surface area contributed by atoms with E-state index in [1.807, 2.05) is 13.8 Å². The Morgan fingerprint density at radius 3 is 2.38 bits per heavy atom. The Morgan fingerprint density at radius 1 is 1.07 bits per heavy atom. The molecule has 2 aromatic carbocycles. The molecular weight excluding hydrogens is 392 g/mol. The average molecular weight is 421 g/mol. The summed E-state index contributed by atoms with van der Waals surface area (Å²) in [6, 6.07) is 14.7. The van der Waals surface area contributed by atoms with E-state index in [4.69, 9.17) is 9.47 Å². The van der Waals surface area contributed by atoms with Crippen LogP contribution in [0.15, 0.2) is 59.5 Å². The quantitative estimate of drug-likeness (QED) is 0.565. The molecule has 0 atom stereocenters. The van der Waals surface area contributed by atoms with Gasteiger partial charge in [-0.15, -0.1) is 0 Å². The number of carbonyl (C=O) groups excluding carboxylic acids is 1. The highest BCUT2D eigenvalue weighted by molar-refractivity contribution is 7.92. The SMILES string of the molecule is COc1ccccc1N(CC(=O)NCCCOC(C)C)S(=O)(=O)c1ccccc1. The predicted octanol–water partition coefficient (Wildman–Crippen LogP) is 2.82. The van der Waals surface area contributed by atoms with Crippen molar-refractivity contribution < 1.29 is 22.7 Å². The van der Waals surface area contributed by atoms with Gasteiger partial charge in [-0.05, 0) is 44.5 Å². The molecule has 0 aliphatic carbocycles. The zero-order chi connectivity index (χ0) is 21.3. The van der Waals surface area contributed by atoms with Crippen molar-refractivity contribution >= 4 is 21.6 Å². The molecule has 0 aliphatic rings. The topological polar surface area (TPSA) is 84.9 Å². The van der Waals surface area contributed by atoms with Crippen molar-refractivity contribution in [3.63, 3.8) is 0 Å². The van der Waals surface area contributed by atoms with Crippen LogP contribution in [0.25, 0.3) is 0 Å². The van der Waals surface area contributed by atoms with E-state index in [2.05, 4.69) is 5.32 Å². The van der Waals surface area contributed by atoms with E-state index in [1.54, 1.807) is 42.5 Å². The van der Waals surface area contributed by atoms with E-state index in [-0.39, 0.29) is 17.5 Å². The van der Waals surface area contributed by atoms with Crippen molar-refractivity contribution in [2.75, 3.05) is 31.1 Å². The fourth-order valence-corrected chi connectivity index (χ4v) is 4.11. The molecule has 0 radical (unpaired) electrons. The highest BCUT2D eigenvalue weighted by Gasteiger charge is 2.29. The summed E-state index contributed by atoms with van der Waals surface area (Å²) in [5.74, 6) is -0.0369. The summed E-state index contributed by atoms with van der Waals surface area (Å²) in [5, 5.41) is 2.75. The monoisotopic (exact) mass is 420 g/mol. The number of para-hydroxylation sites is 2. The van der Waals surface area contributed by atoms with Crippen molar-refractivity contribution in [3.05, 3.63) is 54.6 Å². The van der Waals surface area contributed by atoms with Crippen LogP contribution >= 0.6 is 0 Å². The van der Waals surface area contributed by atoms with Crippen LogP contribution in [0, 0.1) is 0 Å². The first-order valence-electron chi connectivity index (χ1n) is 9.45. The molecule has 0 heterocycles. The lowest BCUT2D eigenvalue weighted by molar-refractivity contribution is -0.119. The smallest absolute Gasteiger partial charge is 0.264 e. The van der Waals surface area contributed by atoms with E-state index in [9.17, 15) is 13.2 Å². The maximum atomic E-state index is 13.3. The van der Waals surface area contributed by atoms with Crippen molar-refractivity contribution in [3.8, 4) is 5.75 Å². The molecule has 0 unspecified atom stereocenters. The number of amides is 1. The van der Waals surface area contributed by atoms with Gasteiger partial charge in [0.1, 0.15) is 12.3 Å². The number of nitrogens with zero attached hydrogens (tertiary/aromatic N) is 1. The number of methoxy groups -OCH3 is 1. The van der Waals surface area contributed by atoms with Crippen LogP contribution in [0.2, 0.25) is 0 Å². The number of carbonyl (C=O) groups is 1. The first-order valence-corrected chi connectivity index (χ1v) is 10.9.